The van der Waals surface area contributed by atoms with Gasteiger partial charge in [0.1, 0.15) is 0 Å². The lowest BCUT2D eigenvalue weighted by Gasteiger charge is -2.09. The second-order valence-electron chi connectivity index (χ2n) is 4.59. The number of tetrazole rings is 1. The molecule has 0 aliphatic carbocycles. The number of nitrogens with one attached hydrogen (secondary N) is 1. The molecule has 19 heavy (non-hydrogen) atoms. The van der Waals surface area contributed by atoms with Gasteiger partial charge in [0.05, 0.1) is 12.8 Å². The van der Waals surface area contributed by atoms with Gasteiger partial charge in [-0.1, -0.05) is 0 Å². The Morgan fingerprint density at radius 2 is 2.26 bits per heavy atom. The highest BCUT2D eigenvalue weighted by Crippen LogP contribution is 2.12. The third-order valence-corrected chi connectivity index (χ3v) is 2.64. The van der Waals surface area contributed by atoms with Crippen LogP contribution in [0.1, 0.15) is 6.42 Å². The van der Waals surface area contributed by atoms with Crippen molar-refractivity contribution in [2.24, 2.45) is 0 Å². The van der Waals surface area contributed by atoms with Crippen molar-refractivity contribution in [1.29, 1.82) is 0 Å². The third-order valence-electron chi connectivity index (χ3n) is 2.64. The third kappa shape index (κ3) is 4.46. The van der Waals surface area contributed by atoms with Gasteiger partial charge >= 0.3 is 0 Å². The quantitative estimate of drug-likeness (QED) is 0.699. The normalized spacial score (nSPS) is 11.3. The van der Waals surface area contributed by atoms with Crippen LogP contribution < -0.4 is 5.32 Å². The van der Waals surface area contributed by atoms with Gasteiger partial charge in [0.2, 0.25) is 5.82 Å². The van der Waals surface area contributed by atoms with E-state index in [1.165, 1.54) is 0 Å². The van der Waals surface area contributed by atoms with Crippen molar-refractivity contribution in [2.75, 3.05) is 33.7 Å². The van der Waals surface area contributed by atoms with Crippen molar-refractivity contribution in [3.8, 4) is 11.6 Å². The van der Waals surface area contributed by atoms with Crippen LogP contribution in [0.3, 0.4) is 0 Å². The van der Waals surface area contributed by atoms with Crippen molar-refractivity contribution in [1.82, 2.24) is 30.4 Å². The van der Waals surface area contributed by atoms with Crippen LogP contribution in [0.2, 0.25) is 0 Å². The lowest BCUT2D eigenvalue weighted by Crippen LogP contribution is -2.25. The van der Waals surface area contributed by atoms with Gasteiger partial charge in [-0.05, 0) is 51.0 Å². The largest absolute Gasteiger partial charge is 0.461 e. The van der Waals surface area contributed by atoms with E-state index in [0.29, 0.717) is 18.1 Å². The summed E-state index contributed by atoms with van der Waals surface area (Å²) in [6.45, 7) is 3.63. The molecule has 104 valence electrons. The molecular formula is C12H20N6O. The number of hydrogen-bond acceptors (Lipinski definition) is 6. The minimum Gasteiger partial charge on any atom is -0.461 e. The van der Waals surface area contributed by atoms with Gasteiger partial charge < -0.3 is 14.6 Å². The zero-order valence-corrected chi connectivity index (χ0v) is 11.4. The van der Waals surface area contributed by atoms with Crippen LogP contribution >= 0.6 is 0 Å². The molecule has 0 amide bonds. The molecule has 2 rings (SSSR count). The summed E-state index contributed by atoms with van der Waals surface area (Å²) in [5.74, 6) is 1.17. The predicted octanol–water partition coefficient (Wildman–Crippen LogP) is 0.474. The monoisotopic (exact) mass is 264 g/mol. The molecule has 0 aliphatic rings. The van der Waals surface area contributed by atoms with Crippen molar-refractivity contribution < 1.29 is 4.42 Å². The SMILES string of the molecule is CN(C)CCCNCCn1nnc(-c2ccco2)n1. The Morgan fingerprint density at radius 3 is 3.00 bits per heavy atom. The second kappa shape index (κ2) is 7.01. The summed E-state index contributed by atoms with van der Waals surface area (Å²) in [6.07, 6.45) is 2.73. The fourth-order valence-electron chi connectivity index (χ4n) is 1.67. The molecular weight excluding hydrogens is 244 g/mol. The zero-order valence-electron chi connectivity index (χ0n) is 11.4. The molecule has 0 spiro atoms. The Bertz CT molecular complexity index is 464. The Balaban J connectivity index is 1.67. The minimum absolute atomic E-state index is 0.526. The van der Waals surface area contributed by atoms with Crippen LogP contribution in [0.5, 0.6) is 0 Å². The number of furan rings is 1. The Hall–Kier alpha value is -1.73. The zero-order chi connectivity index (χ0) is 13.5. The number of nitrogens with zero attached hydrogens (tertiary/aromatic N) is 5. The van der Waals surface area contributed by atoms with Crippen LogP contribution in [-0.2, 0) is 6.54 Å². The Kier molecular flexibility index (Phi) is 5.05. The molecule has 7 heteroatoms. The highest BCUT2D eigenvalue weighted by Gasteiger charge is 2.07. The van der Waals surface area contributed by atoms with Gasteiger partial charge in [0.25, 0.3) is 0 Å². The Morgan fingerprint density at radius 1 is 1.37 bits per heavy atom. The van der Waals surface area contributed by atoms with Gasteiger partial charge in [0, 0.05) is 6.54 Å². The molecule has 7 nitrogen and oxygen atoms in total. The molecule has 2 heterocycles. The molecule has 0 aliphatic heterocycles. The molecule has 0 radical (unpaired) electrons. The van der Waals surface area contributed by atoms with E-state index in [2.05, 4.69) is 39.7 Å². The van der Waals surface area contributed by atoms with Crippen molar-refractivity contribution in [3.63, 3.8) is 0 Å². The average Bonchev–Trinajstić information content (AvgIpc) is 3.03. The molecule has 0 saturated heterocycles. The summed E-state index contributed by atoms with van der Waals surface area (Å²) in [4.78, 5) is 3.76. The van der Waals surface area contributed by atoms with Crippen LogP contribution in [0.4, 0.5) is 0 Å². The van der Waals surface area contributed by atoms with Crippen molar-refractivity contribution >= 4 is 0 Å². The lowest BCUT2D eigenvalue weighted by atomic mass is 10.4. The molecule has 0 atom stereocenters. The van der Waals surface area contributed by atoms with Gasteiger partial charge in [-0.3, -0.25) is 0 Å². The molecule has 0 unspecified atom stereocenters. The highest BCUT2D eigenvalue weighted by atomic mass is 16.3. The van der Waals surface area contributed by atoms with Gasteiger partial charge in [-0.25, -0.2) is 0 Å². The van der Waals surface area contributed by atoms with Crippen LogP contribution in [-0.4, -0.2) is 58.8 Å². The summed E-state index contributed by atoms with van der Waals surface area (Å²) in [5, 5.41) is 15.5. The summed E-state index contributed by atoms with van der Waals surface area (Å²) in [5.41, 5.74) is 0. The molecule has 0 fully saturated rings. The molecule has 0 saturated carbocycles. The number of rotatable bonds is 8. The van der Waals surface area contributed by atoms with E-state index in [9.17, 15) is 0 Å². The summed E-state index contributed by atoms with van der Waals surface area (Å²) >= 11 is 0. The minimum atomic E-state index is 0.526. The first-order valence-electron chi connectivity index (χ1n) is 6.43. The van der Waals surface area contributed by atoms with Crippen molar-refractivity contribution in [3.05, 3.63) is 18.4 Å². The van der Waals surface area contributed by atoms with Crippen LogP contribution in [0.15, 0.2) is 22.8 Å². The first-order chi connectivity index (χ1) is 9.25. The Labute approximate surface area is 112 Å². The topological polar surface area (TPSA) is 72.0 Å². The number of aromatic nitrogens is 4. The predicted molar refractivity (Wildman–Crippen MR) is 71.6 cm³/mol. The van der Waals surface area contributed by atoms with E-state index in [1.54, 1.807) is 11.1 Å². The smallest absolute Gasteiger partial charge is 0.240 e. The van der Waals surface area contributed by atoms with E-state index in [-0.39, 0.29) is 0 Å². The number of hydrogen-bond donors (Lipinski definition) is 1. The van der Waals surface area contributed by atoms with E-state index in [4.69, 9.17) is 4.42 Å². The maximum atomic E-state index is 5.21. The van der Waals surface area contributed by atoms with Gasteiger partial charge in [-0.15, -0.1) is 10.2 Å². The van der Waals surface area contributed by atoms with E-state index in [0.717, 1.165) is 26.1 Å². The fraction of sp³-hybridized carbons (Fsp3) is 0.583. The summed E-state index contributed by atoms with van der Waals surface area (Å²) < 4.78 is 5.21. The molecule has 0 bridgehead atoms. The fourth-order valence-corrected chi connectivity index (χ4v) is 1.67. The van der Waals surface area contributed by atoms with E-state index in [1.807, 2.05) is 12.1 Å². The standard InChI is InChI=1S/C12H20N6O/c1-17(2)8-4-6-13-7-9-18-15-12(14-16-18)11-5-3-10-19-11/h3,5,10,13H,4,6-9H2,1-2H3. The molecule has 2 aromatic heterocycles. The maximum absolute atomic E-state index is 5.21. The van der Waals surface area contributed by atoms with Crippen LogP contribution in [0.25, 0.3) is 11.6 Å². The van der Waals surface area contributed by atoms with E-state index < -0.39 is 0 Å². The average molecular weight is 264 g/mol. The molecule has 1 N–H and O–H groups in total. The first kappa shape index (κ1) is 13.7. The second-order valence-corrected chi connectivity index (χ2v) is 4.59. The summed E-state index contributed by atoms with van der Waals surface area (Å²) in [6, 6.07) is 3.63. The van der Waals surface area contributed by atoms with Crippen molar-refractivity contribution in [2.45, 2.75) is 13.0 Å². The van der Waals surface area contributed by atoms with Gasteiger partial charge in [-0.2, -0.15) is 4.80 Å². The van der Waals surface area contributed by atoms with E-state index >= 15 is 0 Å². The maximum Gasteiger partial charge on any atom is 0.240 e. The molecule has 2 aromatic rings. The molecule has 0 aromatic carbocycles. The van der Waals surface area contributed by atoms with Crippen LogP contribution in [0, 0.1) is 0 Å². The highest BCUT2D eigenvalue weighted by molar-refractivity contribution is 5.43. The van der Waals surface area contributed by atoms with Gasteiger partial charge in [0.15, 0.2) is 5.76 Å². The lowest BCUT2D eigenvalue weighted by molar-refractivity contribution is 0.391. The first-order valence-corrected chi connectivity index (χ1v) is 6.43. The summed E-state index contributed by atoms with van der Waals surface area (Å²) in [7, 11) is 4.16.